The van der Waals surface area contributed by atoms with Crippen LogP contribution in [-0.2, 0) is 4.79 Å². The second-order valence-corrected chi connectivity index (χ2v) is 5.42. The zero-order valence-corrected chi connectivity index (χ0v) is 11.1. The Morgan fingerprint density at radius 3 is 2.69 bits per heavy atom. The Labute approximate surface area is 99.6 Å². The number of ketones is 1. The van der Waals surface area contributed by atoms with Crippen LogP contribution in [0.15, 0.2) is 23.3 Å². The van der Waals surface area contributed by atoms with Crippen LogP contribution in [0.3, 0.4) is 0 Å². The van der Waals surface area contributed by atoms with E-state index in [9.17, 15) is 4.79 Å². The highest BCUT2D eigenvalue weighted by Crippen LogP contribution is 2.41. The van der Waals surface area contributed by atoms with Crippen LogP contribution in [0.2, 0.25) is 0 Å². The number of carbonyl (C=O) groups is 1. The second kappa shape index (κ2) is 5.47. The van der Waals surface area contributed by atoms with Crippen LogP contribution < -0.4 is 0 Å². The van der Waals surface area contributed by atoms with E-state index in [0.717, 1.165) is 6.42 Å². The molecule has 0 aromatic heterocycles. The van der Waals surface area contributed by atoms with E-state index in [4.69, 9.17) is 0 Å². The molecule has 16 heavy (non-hydrogen) atoms. The molecule has 0 atom stereocenters. The second-order valence-electron chi connectivity index (χ2n) is 5.42. The van der Waals surface area contributed by atoms with Gasteiger partial charge in [-0.1, -0.05) is 38.0 Å². The maximum absolute atomic E-state index is 11.2. The summed E-state index contributed by atoms with van der Waals surface area (Å²) < 4.78 is 0. The average Bonchev–Trinajstić information content (AvgIpc) is 2.21. The van der Waals surface area contributed by atoms with Crippen LogP contribution in [0.1, 0.15) is 59.8 Å². The Morgan fingerprint density at radius 2 is 2.12 bits per heavy atom. The summed E-state index contributed by atoms with van der Waals surface area (Å²) in [6.45, 7) is 8.79. The number of hydrogen-bond acceptors (Lipinski definition) is 1. The minimum absolute atomic E-state index is 0.229. The van der Waals surface area contributed by atoms with Crippen molar-refractivity contribution in [3.8, 4) is 0 Å². The smallest absolute Gasteiger partial charge is 0.155 e. The first-order chi connectivity index (χ1) is 7.47. The van der Waals surface area contributed by atoms with Crippen molar-refractivity contribution in [2.75, 3.05) is 0 Å². The largest absolute Gasteiger partial charge is 0.295 e. The first kappa shape index (κ1) is 13.2. The molecular weight excluding hydrogens is 196 g/mol. The normalized spacial score (nSPS) is 20.5. The van der Waals surface area contributed by atoms with Crippen molar-refractivity contribution in [3.05, 3.63) is 23.3 Å². The lowest BCUT2D eigenvalue weighted by Gasteiger charge is -2.34. The van der Waals surface area contributed by atoms with Gasteiger partial charge in [-0.2, -0.15) is 0 Å². The fraction of sp³-hybridized carbons (Fsp3) is 0.667. The predicted molar refractivity (Wildman–Crippen MR) is 69.4 cm³/mol. The van der Waals surface area contributed by atoms with Crippen molar-refractivity contribution in [1.29, 1.82) is 0 Å². The van der Waals surface area contributed by atoms with Gasteiger partial charge in [0.05, 0.1) is 0 Å². The first-order valence-electron chi connectivity index (χ1n) is 6.36. The molecule has 0 spiro atoms. The lowest BCUT2D eigenvalue weighted by molar-refractivity contribution is -0.114. The fourth-order valence-electron chi connectivity index (χ4n) is 2.55. The maximum atomic E-state index is 11.2. The van der Waals surface area contributed by atoms with E-state index in [1.165, 1.54) is 24.8 Å². The minimum Gasteiger partial charge on any atom is -0.295 e. The molecule has 0 bridgehead atoms. The van der Waals surface area contributed by atoms with Gasteiger partial charge in [-0.05, 0) is 44.1 Å². The molecule has 0 fully saturated rings. The van der Waals surface area contributed by atoms with Gasteiger partial charge in [0.1, 0.15) is 0 Å². The molecule has 1 aliphatic rings. The van der Waals surface area contributed by atoms with Gasteiger partial charge in [-0.3, -0.25) is 4.79 Å². The van der Waals surface area contributed by atoms with E-state index in [0.29, 0.717) is 11.8 Å². The zero-order valence-electron chi connectivity index (χ0n) is 11.1. The van der Waals surface area contributed by atoms with Gasteiger partial charge < -0.3 is 0 Å². The van der Waals surface area contributed by atoms with Crippen LogP contribution in [0, 0.1) is 5.41 Å². The summed E-state index contributed by atoms with van der Waals surface area (Å²) >= 11 is 0. The summed E-state index contributed by atoms with van der Waals surface area (Å²) in [5, 5.41) is 0. The molecule has 0 saturated heterocycles. The summed E-state index contributed by atoms with van der Waals surface area (Å²) in [7, 11) is 0. The summed E-state index contributed by atoms with van der Waals surface area (Å²) in [5.41, 5.74) is 3.39. The van der Waals surface area contributed by atoms with Gasteiger partial charge in [0.2, 0.25) is 0 Å². The molecule has 0 heterocycles. The first-order valence-corrected chi connectivity index (χ1v) is 6.36. The fourth-order valence-corrected chi connectivity index (χ4v) is 2.55. The van der Waals surface area contributed by atoms with Crippen molar-refractivity contribution >= 4 is 5.78 Å². The average molecular weight is 220 g/mol. The number of hydrogen-bond donors (Lipinski definition) is 0. The molecule has 1 aliphatic carbocycles. The van der Waals surface area contributed by atoms with Crippen LogP contribution in [0.5, 0.6) is 0 Å². The highest BCUT2D eigenvalue weighted by Gasteiger charge is 2.27. The Kier molecular flexibility index (Phi) is 4.52. The Balaban J connectivity index is 2.71. The van der Waals surface area contributed by atoms with E-state index in [2.05, 4.69) is 20.8 Å². The third-order valence-corrected chi connectivity index (χ3v) is 3.66. The molecular formula is C15H24O. The maximum Gasteiger partial charge on any atom is 0.155 e. The molecule has 0 aromatic rings. The molecule has 1 rings (SSSR count). The lowest BCUT2D eigenvalue weighted by Crippen LogP contribution is -2.20. The SMILES string of the molecule is CCC(=O)/C=C/CC1=C(C)CCCC1(C)C. The summed E-state index contributed by atoms with van der Waals surface area (Å²) in [4.78, 5) is 11.2. The van der Waals surface area contributed by atoms with Crippen LogP contribution >= 0.6 is 0 Å². The molecule has 90 valence electrons. The van der Waals surface area contributed by atoms with Gasteiger partial charge in [-0.25, -0.2) is 0 Å². The van der Waals surface area contributed by atoms with E-state index >= 15 is 0 Å². The Bertz CT molecular complexity index is 318. The van der Waals surface area contributed by atoms with E-state index in [1.54, 1.807) is 11.6 Å². The monoisotopic (exact) mass is 220 g/mol. The van der Waals surface area contributed by atoms with Gasteiger partial charge in [0.25, 0.3) is 0 Å². The van der Waals surface area contributed by atoms with Crippen molar-refractivity contribution in [2.24, 2.45) is 5.41 Å². The summed E-state index contributed by atoms with van der Waals surface area (Å²) in [6.07, 6.45) is 9.15. The summed E-state index contributed by atoms with van der Waals surface area (Å²) in [5.74, 6) is 0.229. The number of allylic oxidation sites excluding steroid dienone is 4. The number of carbonyl (C=O) groups excluding carboxylic acids is 1. The summed E-state index contributed by atoms with van der Waals surface area (Å²) in [6, 6.07) is 0. The van der Waals surface area contributed by atoms with Crippen LogP contribution in [0.25, 0.3) is 0 Å². The molecule has 0 unspecified atom stereocenters. The topological polar surface area (TPSA) is 17.1 Å². The molecule has 0 aliphatic heterocycles. The highest BCUT2D eigenvalue weighted by atomic mass is 16.1. The minimum atomic E-state index is 0.229. The number of rotatable bonds is 4. The van der Waals surface area contributed by atoms with Crippen LogP contribution in [-0.4, -0.2) is 5.78 Å². The van der Waals surface area contributed by atoms with Crippen molar-refractivity contribution < 1.29 is 4.79 Å². The van der Waals surface area contributed by atoms with Gasteiger partial charge in [0, 0.05) is 6.42 Å². The van der Waals surface area contributed by atoms with E-state index < -0.39 is 0 Å². The molecule has 1 heteroatoms. The highest BCUT2D eigenvalue weighted by molar-refractivity contribution is 5.89. The molecule has 0 N–H and O–H groups in total. The van der Waals surface area contributed by atoms with Gasteiger partial charge in [-0.15, -0.1) is 0 Å². The molecule has 1 nitrogen and oxygen atoms in total. The van der Waals surface area contributed by atoms with E-state index in [-0.39, 0.29) is 5.78 Å². The predicted octanol–water partition coefficient (Wildman–Crippen LogP) is 4.44. The van der Waals surface area contributed by atoms with Crippen molar-refractivity contribution in [2.45, 2.75) is 59.8 Å². The van der Waals surface area contributed by atoms with Gasteiger partial charge >= 0.3 is 0 Å². The lowest BCUT2D eigenvalue weighted by atomic mass is 9.71. The van der Waals surface area contributed by atoms with Gasteiger partial charge in [0.15, 0.2) is 5.78 Å². The Morgan fingerprint density at radius 1 is 1.44 bits per heavy atom. The van der Waals surface area contributed by atoms with Crippen molar-refractivity contribution in [3.63, 3.8) is 0 Å². The molecule has 0 amide bonds. The molecule has 0 aromatic carbocycles. The molecule has 0 saturated carbocycles. The third-order valence-electron chi connectivity index (χ3n) is 3.66. The van der Waals surface area contributed by atoms with Crippen molar-refractivity contribution in [1.82, 2.24) is 0 Å². The Hall–Kier alpha value is -0.850. The quantitative estimate of drug-likeness (QED) is 0.505. The standard InChI is InChI=1S/C15H24O/c1-5-13(16)9-6-10-14-12(2)8-7-11-15(14,3)4/h6,9H,5,7-8,10-11H2,1-4H3/b9-6+. The van der Waals surface area contributed by atoms with Crippen LogP contribution in [0.4, 0.5) is 0 Å². The zero-order chi connectivity index (χ0) is 12.2. The van der Waals surface area contributed by atoms with E-state index in [1.807, 2.05) is 13.0 Å². The third kappa shape index (κ3) is 3.33. The molecule has 0 radical (unpaired) electrons.